The van der Waals surface area contributed by atoms with Crippen LogP contribution in [-0.2, 0) is 6.42 Å². The number of fused-ring (bicyclic) bond motifs is 1. The van der Waals surface area contributed by atoms with Crippen LogP contribution in [0.1, 0.15) is 53.0 Å². The van der Waals surface area contributed by atoms with E-state index in [1.807, 2.05) is 28.9 Å². The van der Waals surface area contributed by atoms with Gasteiger partial charge in [-0.25, -0.2) is 4.68 Å². The van der Waals surface area contributed by atoms with Gasteiger partial charge in [0.2, 0.25) is 0 Å². The summed E-state index contributed by atoms with van der Waals surface area (Å²) in [6.07, 6.45) is 5.88. The number of aromatic nitrogens is 3. The second kappa shape index (κ2) is 6.36. The molecular weight excluding hydrogens is 302 g/mol. The first-order valence-corrected chi connectivity index (χ1v) is 8.71. The second-order valence-corrected chi connectivity index (χ2v) is 6.73. The van der Waals surface area contributed by atoms with Crippen molar-refractivity contribution >= 4 is 5.91 Å². The molecule has 2 aliphatic rings. The van der Waals surface area contributed by atoms with Crippen molar-refractivity contribution in [3.8, 4) is 0 Å². The Kier molecular flexibility index (Phi) is 4.06. The van der Waals surface area contributed by atoms with Gasteiger partial charge in [-0.2, -0.15) is 0 Å². The molecule has 1 saturated heterocycles. The summed E-state index contributed by atoms with van der Waals surface area (Å²) in [5.74, 6) is -0.0445. The molecule has 2 aromatic rings. The van der Waals surface area contributed by atoms with Crippen molar-refractivity contribution in [3.63, 3.8) is 0 Å². The Bertz CT molecular complexity index is 735. The van der Waals surface area contributed by atoms with E-state index < -0.39 is 0 Å². The highest BCUT2D eigenvalue weighted by Gasteiger charge is 2.30. The molecule has 1 amide bonds. The van der Waals surface area contributed by atoms with E-state index in [4.69, 9.17) is 0 Å². The van der Waals surface area contributed by atoms with Crippen LogP contribution in [0, 0.1) is 0 Å². The van der Waals surface area contributed by atoms with E-state index in [9.17, 15) is 4.79 Å². The number of nitrogens with zero attached hydrogens (tertiary/aromatic N) is 4. The fourth-order valence-electron chi connectivity index (χ4n) is 3.88. The van der Waals surface area contributed by atoms with Gasteiger partial charge in [-0.05, 0) is 49.9 Å². The minimum atomic E-state index is -0.0445. The number of hydrogen-bond donors (Lipinski definition) is 1. The van der Waals surface area contributed by atoms with Crippen LogP contribution in [0.3, 0.4) is 0 Å². The predicted octanol–water partition coefficient (Wildman–Crippen LogP) is 1.96. The summed E-state index contributed by atoms with van der Waals surface area (Å²) >= 11 is 0. The van der Waals surface area contributed by atoms with E-state index in [2.05, 4.69) is 33.8 Å². The highest BCUT2D eigenvalue weighted by molar-refractivity contribution is 5.92. The molecule has 6 nitrogen and oxygen atoms in total. The maximum Gasteiger partial charge on any atom is 0.276 e. The predicted molar refractivity (Wildman–Crippen MR) is 90.8 cm³/mol. The van der Waals surface area contributed by atoms with Gasteiger partial charge in [0.25, 0.3) is 5.91 Å². The first kappa shape index (κ1) is 15.3. The quantitative estimate of drug-likeness (QED) is 0.937. The van der Waals surface area contributed by atoms with Gasteiger partial charge >= 0.3 is 0 Å². The smallest absolute Gasteiger partial charge is 0.276 e. The summed E-state index contributed by atoms with van der Waals surface area (Å²) < 4.78 is 1.87. The minimum absolute atomic E-state index is 0.0445. The molecular formula is C18H23N5O. The highest BCUT2D eigenvalue weighted by atomic mass is 16.2. The third-order valence-electron chi connectivity index (χ3n) is 5.30. The fourth-order valence-corrected chi connectivity index (χ4v) is 3.88. The molecule has 0 saturated carbocycles. The van der Waals surface area contributed by atoms with Gasteiger partial charge in [-0.15, -0.1) is 5.10 Å². The van der Waals surface area contributed by atoms with Crippen LogP contribution in [0.5, 0.6) is 0 Å². The van der Waals surface area contributed by atoms with Crippen LogP contribution in [0.2, 0.25) is 0 Å². The summed E-state index contributed by atoms with van der Waals surface area (Å²) in [5.41, 5.74) is 3.06. The molecule has 126 valence electrons. The number of carbonyl (C=O) groups is 1. The van der Waals surface area contributed by atoms with Crippen LogP contribution < -0.4 is 5.32 Å². The van der Waals surface area contributed by atoms with Gasteiger partial charge in [0, 0.05) is 7.05 Å². The van der Waals surface area contributed by atoms with Gasteiger partial charge in [0.1, 0.15) is 0 Å². The SMILES string of the molecule is CN(C(=O)c1cn(C2CCNCC2)nn1)C1CCc2ccccc21. The van der Waals surface area contributed by atoms with Crippen LogP contribution in [0.4, 0.5) is 0 Å². The molecule has 1 aromatic heterocycles. The minimum Gasteiger partial charge on any atom is -0.333 e. The number of amides is 1. The molecule has 1 aliphatic heterocycles. The Labute approximate surface area is 141 Å². The Hall–Kier alpha value is -2.21. The first-order valence-electron chi connectivity index (χ1n) is 8.71. The third-order valence-corrected chi connectivity index (χ3v) is 5.30. The molecule has 2 heterocycles. The summed E-state index contributed by atoms with van der Waals surface area (Å²) in [6.45, 7) is 1.99. The molecule has 1 aromatic carbocycles. The third kappa shape index (κ3) is 2.71. The van der Waals surface area contributed by atoms with Gasteiger partial charge in [0.05, 0.1) is 18.3 Å². The molecule has 0 spiro atoms. The highest BCUT2D eigenvalue weighted by Crippen LogP contribution is 2.35. The number of aryl methyl sites for hydroxylation is 1. The lowest BCUT2D eigenvalue weighted by atomic mass is 10.1. The zero-order valence-corrected chi connectivity index (χ0v) is 14.0. The van der Waals surface area contributed by atoms with Crippen molar-refractivity contribution in [2.75, 3.05) is 20.1 Å². The van der Waals surface area contributed by atoms with Crippen molar-refractivity contribution < 1.29 is 4.79 Å². The number of rotatable bonds is 3. The van der Waals surface area contributed by atoms with Crippen molar-refractivity contribution in [1.82, 2.24) is 25.2 Å². The number of carbonyl (C=O) groups excluding carboxylic acids is 1. The van der Waals surface area contributed by atoms with Gasteiger partial charge in [-0.1, -0.05) is 29.5 Å². The molecule has 1 N–H and O–H groups in total. The standard InChI is InChI=1S/C18H23N5O/c1-22(17-7-6-13-4-2-3-5-15(13)17)18(24)16-12-23(21-20-16)14-8-10-19-11-9-14/h2-5,12,14,17,19H,6-11H2,1H3. The van der Waals surface area contributed by atoms with Crippen LogP contribution in [-0.4, -0.2) is 45.9 Å². The number of nitrogens with one attached hydrogen (secondary N) is 1. The van der Waals surface area contributed by atoms with E-state index in [1.165, 1.54) is 11.1 Å². The molecule has 0 bridgehead atoms. The zero-order valence-electron chi connectivity index (χ0n) is 14.0. The molecule has 1 aliphatic carbocycles. The van der Waals surface area contributed by atoms with E-state index in [0.29, 0.717) is 11.7 Å². The van der Waals surface area contributed by atoms with E-state index >= 15 is 0 Å². The molecule has 4 rings (SSSR count). The van der Waals surface area contributed by atoms with E-state index in [0.717, 1.165) is 38.8 Å². The second-order valence-electron chi connectivity index (χ2n) is 6.73. The molecule has 6 heteroatoms. The summed E-state index contributed by atoms with van der Waals surface area (Å²) in [5, 5.41) is 11.7. The van der Waals surface area contributed by atoms with E-state index in [1.54, 1.807) is 0 Å². The topological polar surface area (TPSA) is 63.1 Å². The number of hydrogen-bond acceptors (Lipinski definition) is 4. The van der Waals surface area contributed by atoms with Gasteiger partial charge in [0.15, 0.2) is 5.69 Å². The van der Waals surface area contributed by atoms with E-state index in [-0.39, 0.29) is 11.9 Å². The van der Waals surface area contributed by atoms with Crippen molar-refractivity contribution in [2.24, 2.45) is 0 Å². The summed E-state index contributed by atoms with van der Waals surface area (Å²) in [6, 6.07) is 8.87. The lowest BCUT2D eigenvalue weighted by molar-refractivity contribution is 0.0724. The Morgan fingerprint density at radius 1 is 1.25 bits per heavy atom. The van der Waals surface area contributed by atoms with Crippen LogP contribution in [0.25, 0.3) is 0 Å². The van der Waals surface area contributed by atoms with Crippen molar-refractivity contribution in [3.05, 3.63) is 47.3 Å². The molecule has 1 fully saturated rings. The Morgan fingerprint density at radius 2 is 2.04 bits per heavy atom. The molecule has 1 atom stereocenters. The monoisotopic (exact) mass is 325 g/mol. The largest absolute Gasteiger partial charge is 0.333 e. The number of benzene rings is 1. The maximum absolute atomic E-state index is 12.8. The zero-order chi connectivity index (χ0) is 16.5. The molecule has 1 unspecified atom stereocenters. The normalized spacial score (nSPS) is 20.8. The molecule has 0 radical (unpaired) electrons. The van der Waals surface area contributed by atoms with Crippen molar-refractivity contribution in [1.29, 1.82) is 0 Å². The summed E-state index contributed by atoms with van der Waals surface area (Å²) in [4.78, 5) is 14.7. The molecule has 24 heavy (non-hydrogen) atoms. The van der Waals surface area contributed by atoms with Crippen LogP contribution >= 0.6 is 0 Å². The van der Waals surface area contributed by atoms with Gasteiger partial charge < -0.3 is 10.2 Å². The Morgan fingerprint density at radius 3 is 2.88 bits per heavy atom. The Balaban J connectivity index is 1.51. The van der Waals surface area contributed by atoms with Gasteiger partial charge in [-0.3, -0.25) is 4.79 Å². The number of piperidine rings is 1. The fraction of sp³-hybridized carbons (Fsp3) is 0.500. The first-order chi connectivity index (χ1) is 11.7. The van der Waals surface area contributed by atoms with Crippen molar-refractivity contribution in [2.45, 2.75) is 37.8 Å². The summed E-state index contributed by atoms with van der Waals surface area (Å²) in [7, 11) is 1.87. The lowest BCUT2D eigenvalue weighted by Gasteiger charge is -2.24. The van der Waals surface area contributed by atoms with Crippen LogP contribution in [0.15, 0.2) is 30.5 Å². The lowest BCUT2D eigenvalue weighted by Crippen LogP contribution is -2.30. The average Bonchev–Trinajstić information content (AvgIpc) is 3.28. The average molecular weight is 325 g/mol. The maximum atomic E-state index is 12.8.